The molecule has 0 spiro atoms. The van der Waals surface area contributed by atoms with Crippen LogP contribution in [0.1, 0.15) is 45.4 Å². The highest BCUT2D eigenvalue weighted by atomic mass is 32.2. The Kier molecular flexibility index (Phi) is 2.92. The lowest BCUT2D eigenvalue weighted by Crippen LogP contribution is -2.47. The second-order valence-corrected chi connectivity index (χ2v) is 8.04. The number of thioether (sulfide) groups is 1. The third kappa shape index (κ3) is 2.23. The van der Waals surface area contributed by atoms with Gasteiger partial charge in [0.2, 0.25) is 0 Å². The molecular formula is C14H22O2S. The smallest absolute Gasteiger partial charge is 0.316 e. The first-order valence-electron chi connectivity index (χ1n) is 6.91. The molecular weight excluding hydrogens is 232 g/mol. The molecule has 2 nitrogen and oxygen atoms in total. The number of hydrogen-bond donors (Lipinski definition) is 1. The van der Waals surface area contributed by atoms with Crippen LogP contribution >= 0.6 is 11.8 Å². The minimum atomic E-state index is -0.653. The molecule has 4 saturated carbocycles. The summed E-state index contributed by atoms with van der Waals surface area (Å²) in [5.41, 5.74) is 0.517. The van der Waals surface area contributed by atoms with E-state index in [2.05, 4.69) is 0 Å². The Morgan fingerprint density at radius 1 is 1.24 bits per heavy atom. The summed E-state index contributed by atoms with van der Waals surface area (Å²) in [6.45, 7) is 1.83. The van der Waals surface area contributed by atoms with Crippen LogP contribution in [-0.2, 0) is 4.79 Å². The minimum absolute atomic E-state index is 0.233. The van der Waals surface area contributed by atoms with Crippen molar-refractivity contribution in [2.45, 2.75) is 50.7 Å². The Balaban J connectivity index is 1.64. The SMILES string of the molecule is CC(SCC12CC3CC(CC(C3)C1)C2)C(=O)O. The Hall–Kier alpha value is -0.180. The van der Waals surface area contributed by atoms with Crippen molar-refractivity contribution in [3.05, 3.63) is 0 Å². The topological polar surface area (TPSA) is 37.3 Å². The van der Waals surface area contributed by atoms with Crippen molar-refractivity contribution < 1.29 is 9.90 Å². The second kappa shape index (κ2) is 4.18. The summed E-state index contributed by atoms with van der Waals surface area (Å²) in [5, 5.41) is 8.74. The Morgan fingerprint density at radius 2 is 1.71 bits per heavy atom. The standard InChI is InChI=1S/C14H22O2S/c1-9(13(15)16)17-8-14-5-10-2-11(6-14)4-12(3-10)7-14/h9-12H,2-8H2,1H3,(H,15,16). The van der Waals surface area contributed by atoms with Gasteiger partial charge in [0.15, 0.2) is 0 Å². The molecule has 0 aliphatic heterocycles. The van der Waals surface area contributed by atoms with Gasteiger partial charge in [-0.25, -0.2) is 0 Å². The summed E-state index contributed by atoms with van der Waals surface area (Å²) in [5.74, 6) is 3.36. The maximum absolute atomic E-state index is 10.9. The van der Waals surface area contributed by atoms with Crippen molar-refractivity contribution in [2.75, 3.05) is 5.75 Å². The number of aliphatic carboxylic acids is 1. The molecule has 0 aromatic rings. The van der Waals surface area contributed by atoms with Gasteiger partial charge in [-0.3, -0.25) is 4.79 Å². The van der Waals surface area contributed by atoms with Crippen LogP contribution in [0.15, 0.2) is 0 Å². The van der Waals surface area contributed by atoms with E-state index in [4.69, 9.17) is 5.11 Å². The molecule has 4 rings (SSSR count). The summed E-state index contributed by atoms with van der Waals surface area (Å²) in [6, 6.07) is 0. The van der Waals surface area contributed by atoms with E-state index in [9.17, 15) is 4.79 Å². The van der Waals surface area contributed by atoms with E-state index in [1.54, 1.807) is 11.8 Å². The molecule has 1 atom stereocenters. The van der Waals surface area contributed by atoms with Gasteiger partial charge in [0, 0.05) is 0 Å². The van der Waals surface area contributed by atoms with E-state index in [0.717, 1.165) is 23.5 Å². The van der Waals surface area contributed by atoms with Crippen LogP contribution < -0.4 is 0 Å². The first-order chi connectivity index (χ1) is 8.06. The zero-order valence-corrected chi connectivity index (χ0v) is 11.3. The molecule has 0 amide bonds. The molecule has 4 bridgehead atoms. The lowest BCUT2D eigenvalue weighted by Gasteiger charge is -2.57. The first kappa shape index (κ1) is 11.9. The van der Waals surface area contributed by atoms with Crippen LogP contribution in [0.25, 0.3) is 0 Å². The van der Waals surface area contributed by atoms with Crippen LogP contribution in [0, 0.1) is 23.2 Å². The number of carboxylic acids is 1. The van der Waals surface area contributed by atoms with Gasteiger partial charge in [-0.05, 0) is 74.4 Å². The first-order valence-corrected chi connectivity index (χ1v) is 7.96. The molecule has 0 heterocycles. The van der Waals surface area contributed by atoms with Crippen molar-refractivity contribution in [3.8, 4) is 0 Å². The van der Waals surface area contributed by atoms with Crippen molar-refractivity contribution in [2.24, 2.45) is 23.2 Å². The van der Waals surface area contributed by atoms with Crippen LogP contribution in [0.2, 0.25) is 0 Å². The zero-order chi connectivity index (χ0) is 12.0. The van der Waals surface area contributed by atoms with Gasteiger partial charge in [0.1, 0.15) is 0 Å². The molecule has 0 aromatic carbocycles. The van der Waals surface area contributed by atoms with Crippen molar-refractivity contribution in [3.63, 3.8) is 0 Å². The van der Waals surface area contributed by atoms with Gasteiger partial charge in [-0.2, -0.15) is 0 Å². The monoisotopic (exact) mass is 254 g/mol. The number of rotatable bonds is 4. The number of carbonyl (C=O) groups is 1. The fourth-order valence-corrected chi connectivity index (χ4v) is 5.94. The second-order valence-electron chi connectivity index (χ2n) is 6.71. The largest absolute Gasteiger partial charge is 0.480 e. The number of carboxylic acid groups (broad SMARTS) is 1. The van der Waals surface area contributed by atoms with Gasteiger partial charge in [-0.1, -0.05) is 0 Å². The summed E-state index contributed by atoms with van der Waals surface area (Å²) in [6.07, 6.45) is 8.57. The molecule has 0 saturated heterocycles. The quantitative estimate of drug-likeness (QED) is 0.835. The van der Waals surface area contributed by atoms with Crippen molar-refractivity contribution in [1.29, 1.82) is 0 Å². The van der Waals surface area contributed by atoms with E-state index in [-0.39, 0.29) is 5.25 Å². The molecule has 1 N–H and O–H groups in total. The van der Waals surface area contributed by atoms with Gasteiger partial charge in [0.25, 0.3) is 0 Å². The summed E-state index contributed by atoms with van der Waals surface area (Å²) in [4.78, 5) is 10.9. The zero-order valence-electron chi connectivity index (χ0n) is 10.5. The molecule has 17 heavy (non-hydrogen) atoms. The van der Waals surface area contributed by atoms with Crippen LogP contribution in [0.4, 0.5) is 0 Å². The van der Waals surface area contributed by atoms with Gasteiger partial charge < -0.3 is 5.11 Å². The number of hydrogen-bond acceptors (Lipinski definition) is 2. The summed E-state index contributed by atoms with van der Waals surface area (Å²) in [7, 11) is 0. The minimum Gasteiger partial charge on any atom is -0.480 e. The Morgan fingerprint density at radius 3 is 2.12 bits per heavy atom. The fourth-order valence-electron chi connectivity index (χ4n) is 4.84. The highest BCUT2D eigenvalue weighted by Crippen LogP contribution is 2.60. The molecule has 4 fully saturated rings. The molecule has 96 valence electrons. The average Bonchev–Trinajstić information content (AvgIpc) is 2.24. The molecule has 0 aromatic heterocycles. The van der Waals surface area contributed by atoms with E-state index < -0.39 is 5.97 Å². The van der Waals surface area contributed by atoms with E-state index >= 15 is 0 Å². The predicted octanol–water partition coefficient (Wildman–Crippen LogP) is 3.41. The van der Waals surface area contributed by atoms with E-state index in [0.29, 0.717) is 5.41 Å². The molecule has 4 aliphatic carbocycles. The Labute approximate surface area is 108 Å². The third-order valence-corrected chi connectivity index (χ3v) is 6.63. The van der Waals surface area contributed by atoms with Crippen LogP contribution in [0.5, 0.6) is 0 Å². The van der Waals surface area contributed by atoms with Gasteiger partial charge in [0.05, 0.1) is 5.25 Å². The fraction of sp³-hybridized carbons (Fsp3) is 0.929. The highest BCUT2D eigenvalue weighted by Gasteiger charge is 2.50. The molecule has 3 heteroatoms. The van der Waals surface area contributed by atoms with Crippen molar-refractivity contribution >= 4 is 17.7 Å². The molecule has 4 aliphatic rings. The molecule has 1 unspecified atom stereocenters. The van der Waals surface area contributed by atoms with E-state index in [1.807, 2.05) is 6.92 Å². The maximum atomic E-state index is 10.9. The summed E-state index contributed by atoms with van der Waals surface area (Å²) >= 11 is 1.67. The lowest BCUT2D eigenvalue weighted by atomic mass is 9.50. The van der Waals surface area contributed by atoms with Crippen LogP contribution in [0.3, 0.4) is 0 Å². The molecule has 0 radical (unpaired) electrons. The summed E-state index contributed by atoms with van der Waals surface area (Å²) < 4.78 is 0. The normalized spacial score (nSPS) is 44.9. The van der Waals surface area contributed by atoms with Gasteiger partial charge in [-0.15, -0.1) is 11.8 Å². The van der Waals surface area contributed by atoms with Crippen molar-refractivity contribution in [1.82, 2.24) is 0 Å². The maximum Gasteiger partial charge on any atom is 0.316 e. The van der Waals surface area contributed by atoms with E-state index in [1.165, 1.54) is 38.5 Å². The highest BCUT2D eigenvalue weighted by molar-refractivity contribution is 8.00. The predicted molar refractivity (Wildman–Crippen MR) is 70.2 cm³/mol. The average molecular weight is 254 g/mol. The van der Waals surface area contributed by atoms with Gasteiger partial charge >= 0.3 is 5.97 Å². The Bertz CT molecular complexity index is 291. The van der Waals surface area contributed by atoms with Crippen LogP contribution in [-0.4, -0.2) is 22.1 Å². The lowest BCUT2D eigenvalue weighted by molar-refractivity contribution is -0.136. The third-order valence-electron chi connectivity index (χ3n) is 5.15.